The van der Waals surface area contributed by atoms with E-state index in [-0.39, 0.29) is 6.61 Å². The van der Waals surface area contributed by atoms with Gasteiger partial charge in [-0.2, -0.15) is 0 Å². The number of unbranched alkanes of at least 4 members (excludes halogenated alkanes) is 1. The normalized spacial score (nSPS) is 31.9. The van der Waals surface area contributed by atoms with Gasteiger partial charge >= 0.3 is 0 Å². The lowest BCUT2D eigenvalue weighted by atomic mass is 9.62. The molecular weight excluding hydrogens is 432 g/mol. The second kappa shape index (κ2) is 15.8. The van der Waals surface area contributed by atoms with Crippen molar-refractivity contribution < 1.29 is 15.3 Å². The molecule has 3 nitrogen and oxygen atoms in total. The zero-order valence-corrected chi connectivity index (χ0v) is 23.8. The summed E-state index contributed by atoms with van der Waals surface area (Å²) < 4.78 is 0. The summed E-state index contributed by atoms with van der Waals surface area (Å²) in [5.74, 6) is 1.55. The van der Waals surface area contributed by atoms with Crippen LogP contribution in [0.15, 0.2) is 47.6 Å². The Kier molecular flexibility index (Phi) is 14.4. The zero-order valence-electron chi connectivity index (χ0n) is 23.8. The maximum atomic E-state index is 10.3. The Morgan fingerprint density at radius 3 is 2.34 bits per heavy atom. The molecule has 4 unspecified atom stereocenters. The molecule has 0 bridgehead atoms. The third kappa shape index (κ3) is 10.0. The van der Waals surface area contributed by atoms with Crippen LogP contribution in [0.3, 0.4) is 0 Å². The summed E-state index contributed by atoms with van der Waals surface area (Å²) >= 11 is 0. The minimum atomic E-state index is -0.530. The highest BCUT2D eigenvalue weighted by Gasteiger charge is 2.48. The van der Waals surface area contributed by atoms with Crippen LogP contribution in [0.25, 0.3) is 0 Å². The molecule has 3 aliphatic carbocycles. The minimum absolute atomic E-state index is 0.0225. The molecule has 0 aromatic carbocycles. The SMILES string of the molecule is C=CC.CC.CC(C)(O)CCCCC1CCC2/C(=C/C=C3/CC/C(=C\CO)C(O)C3)CCCC12C. The molecule has 202 valence electrons. The van der Waals surface area contributed by atoms with E-state index in [1.54, 1.807) is 17.7 Å². The molecule has 0 radical (unpaired) electrons. The maximum Gasteiger partial charge on any atom is 0.0788 e. The van der Waals surface area contributed by atoms with Gasteiger partial charge in [-0.25, -0.2) is 0 Å². The van der Waals surface area contributed by atoms with Crippen LogP contribution in [-0.4, -0.2) is 33.6 Å². The number of hydrogen-bond donors (Lipinski definition) is 3. The van der Waals surface area contributed by atoms with Crippen molar-refractivity contribution in [3.8, 4) is 0 Å². The Hall–Kier alpha value is -1.16. The van der Waals surface area contributed by atoms with Crippen LogP contribution in [-0.2, 0) is 0 Å². The van der Waals surface area contributed by atoms with Crippen LogP contribution >= 0.6 is 0 Å². The molecular formula is C32H56O3. The first-order chi connectivity index (χ1) is 16.6. The van der Waals surface area contributed by atoms with Crippen molar-refractivity contribution in [3.63, 3.8) is 0 Å². The average Bonchev–Trinajstić information content (AvgIpc) is 3.15. The van der Waals surface area contributed by atoms with E-state index >= 15 is 0 Å². The molecule has 0 aromatic rings. The largest absolute Gasteiger partial charge is 0.392 e. The Labute approximate surface area is 217 Å². The smallest absolute Gasteiger partial charge is 0.0788 e. The van der Waals surface area contributed by atoms with Gasteiger partial charge < -0.3 is 15.3 Å². The molecule has 3 fully saturated rings. The molecule has 0 saturated heterocycles. The minimum Gasteiger partial charge on any atom is -0.392 e. The highest BCUT2D eigenvalue weighted by atomic mass is 16.3. The van der Waals surface area contributed by atoms with Crippen molar-refractivity contribution in [2.45, 2.75) is 130 Å². The van der Waals surface area contributed by atoms with Gasteiger partial charge in [0.05, 0.1) is 18.3 Å². The van der Waals surface area contributed by atoms with E-state index in [9.17, 15) is 10.2 Å². The molecule has 0 amide bonds. The van der Waals surface area contributed by atoms with Gasteiger partial charge in [0.1, 0.15) is 0 Å². The molecule has 35 heavy (non-hydrogen) atoms. The Balaban J connectivity index is 0.00000114. The van der Waals surface area contributed by atoms with Crippen molar-refractivity contribution in [2.24, 2.45) is 17.3 Å². The lowest BCUT2D eigenvalue weighted by molar-refractivity contribution is 0.0659. The fourth-order valence-corrected chi connectivity index (χ4v) is 6.45. The molecule has 4 atom stereocenters. The van der Waals surface area contributed by atoms with E-state index < -0.39 is 11.7 Å². The molecule has 0 aromatic heterocycles. The van der Waals surface area contributed by atoms with Gasteiger partial charge in [-0.15, -0.1) is 6.58 Å². The molecule has 0 spiro atoms. The third-order valence-corrected chi connectivity index (χ3v) is 8.26. The van der Waals surface area contributed by atoms with Gasteiger partial charge in [0.15, 0.2) is 0 Å². The molecule has 0 aliphatic heterocycles. The van der Waals surface area contributed by atoms with E-state index in [2.05, 4.69) is 25.7 Å². The second-order valence-electron chi connectivity index (χ2n) is 11.4. The summed E-state index contributed by atoms with van der Waals surface area (Å²) in [5, 5.41) is 29.4. The van der Waals surface area contributed by atoms with Gasteiger partial charge in [0.25, 0.3) is 0 Å². The first kappa shape index (κ1) is 31.9. The van der Waals surface area contributed by atoms with Gasteiger partial charge in [0.2, 0.25) is 0 Å². The van der Waals surface area contributed by atoms with Gasteiger partial charge in [-0.3, -0.25) is 0 Å². The predicted molar refractivity (Wildman–Crippen MR) is 151 cm³/mol. The molecule has 0 heterocycles. The van der Waals surface area contributed by atoms with Crippen molar-refractivity contribution >= 4 is 0 Å². The molecule has 3 N–H and O–H groups in total. The topological polar surface area (TPSA) is 60.7 Å². The van der Waals surface area contributed by atoms with Crippen LogP contribution in [0.1, 0.15) is 119 Å². The van der Waals surface area contributed by atoms with E-state index in [0.717, 1.165) is 43.1 Å². The van der Waals surface area contributed by atoms with Crippen LogP contribution in [0.4, 0.5) is 0 Å². The lowest BCUT2D eigenvalue weighted by Crippen LogP contribution is -2.33. The number of aliphatic hydroxyl groups excluding tert-OH is 2. The quantitative estimate of drug-likeness (QED) is 0.251. The van der Waals surface area contributed by atoms with Crippen molar-refractivity contribution in [3.05, 3.63) is 47.6 Å². The number of hydrogen-bond acceptors (Lipinski definition) is 3. The predicted octanol–water partition coefficient (Wildman–Crippen LogP) is 8.07. The van der Waals surface area contributed by atoms with Crippen molar-refractivity contribution in [1.29, 1.82) is 0 Å². The van der Waals surface area contributed by atoms with Gasteiger partial charge in [-0.05, 0) is 108 Å². The Morgan fingerprint density at radius 2 is 1.74 bits per heavy atom. The van der Waals surface area contributed by atoms with Crippen LogP contribution in [0.5, 0.6) is 0 Å². The molecule has 3 heteroatoms. The first-order valence-electron chi connectivity index (χ1n) is 14.3. The third-order valence-electron chi connectivity index (χ3n) is 8.26. The first-order valence-corrected chi connectivity index (χ1v) is 14.3. The number of fused-ring (bicyclic) bond motifs is 1. The fourth-order valence-electron chi connectivity index (χ4n) is 6.45. The summed E-state index contributed by atoms with van der Waals surface area (Å²) in [7, 11) is 0. The lowest BCUT2D eigenvalue weighted by Gasteiger charge is -2.42. The second-order valence-corrected chi connectivity index (χ2v) is 11.4. The van der Waals surface area contributed by atoms with Gasteiger partial charge in [0, 0.05) is 0 Å². The standard InChI is InChI=1S/C27H44O3.C3H6.C2H6/c1-26(2,30)16-5-4-8-23-13-14-24-21(7-6-17-27(23,24)3)11-9-20-10-12-22(15-18-28)25(29)19-20;1-3-2;1-2/h9,11,15,23-25,28-30H,4-8,10,12-14,16-19H2,1-3H3;3H,1H2,2H3;1-2H3/b20-9-,21-11+,22-15+;;. The highest BCUT2D eigenvalue weighted by molar-refractivity contribution is 5.28. The van der Waals surface area contributed by atoms with Crippen LogP contribution in [0.2, 0.25) is 0 Å². The van der Waals surface area contributed by atoms with E-state index in [1.807, 2.05) is 34.6 Å². The summed E-state index contributed by atoms with van der Waals surface area (Å²) in [5.41, 5.74) is 3.90. The van der Waals surface area contributed by atoms with E-state index in [0.29, 0.717) is 11.8 Å². The average molecular weight is 489 g/mol. The van der Waals surface area contributed by atoms with Crippen LogP contribution < -0.4 is 0 Å². The van der Waals surface area contributed by atoms with Gasteiger partial charge in [-0.1, -0.05) is 69.1 Å². The zero-order chi connectivity index (χ0) is 26.5. The summed E-state index contributed by atoms with van der Waals surface area (Å²) in [6, 6.07) is 0. The number of aliphatic hydroxyl groups is 3. The Bertz CT molecular complexity index is 709. The van der Waals surface area contributed by atoms with E-state index in [4.69, 9.17) is 5.11 Å². The van der Waals surface area contributed by atoms with Crippen LogP contribution in [0, 0.1) is 17.3 Å². The summed E-state index contributed by atoms with van der Waals surface area (Å²) in [4.78, 5) is 0. The number of allylic oxidation sites excluding steroid dienone is 4. The monoisotopic (exact) mass is 488 g/mol. The van der Waals surface area contributed by atoms with Crippen molar-refractivity contribution in [1.82, 2.24) is 0 Å². The highest BCUT2D eigenvalue weighted by Crippen LogP contribution is 2.58. The fraction of sp³-hybridized carbons (Fsp3) is 0.750. The number of rotatable bonds is 7. The maximum absolute atomic E-state index is 10.3. The summed E-state index contributed by atoms with van der Waals surface area (Å²) in [6.07, 6.45) is 21.5. The molecule has 3 aliphatic rings. The Morgan fingerprint density at radius 1 is 1.06 bits per heavy atom. The van der Waals surface area contributed by atoms with E-state index in [1.165, 1.54) is 50.5 Å². The molecule has 3 rings (SSSR count). The summed E-state index contributed by atoms with van der Waals surface area (Å²) in [6.45, 7) is 15.7. The molecule has 3 saturated carbocycles. The van der Waals surface area contributed by atoms with Crippen molar-refractivity contribution in [2.75, 3.05) is 6.61 Å².